The third kappa shape index (κ3) is 4.77. The van der Waals surface area contributed by atoms with Crippen LogP contribution in [-0.4, -0.2) is 6.54 Å². The van der Waals surface area contributed by atoms with Gasteiger partial charge in [-0.3, -0.25) is 0 Å². The second-order valence-corrected chi connectivity index (χ2v) is 5.44. The van der Waals surface area contributed by atoms with E-state index < -0.39 is 0 Å². The second-order valence-electron chi connectivity index (χ2n) is 4.07. The molecule has 1 N–H and O–H groups in total. The van der Waals surface area contributed by atoms with Gasteiger partial charge in [0.05, 0.1) is 0 Å². The van der Waals surface area contributed by atoms with Gasteiger partial charge in [0.25, 0.3) is 0 Å². The van der Waals surface area contributed by atoms with Gasteiger partial charge in [0, 0.05) is 16.3 Å². The lowest BCUT2D eigenvalue weighted by Crippen LogP contribution is -2.15. The maximum atomic E-state index is 12.7. The fourth-order valence-electron chi connectivity index (χ4n) is 1.68. The van der Waals surface area contributed by atoms with Gasteiger partial charge in [-0.15, -0.1) is 23.7 Å². The molecule has 1 aromatic carbocycles. The van der Waals surface area contributed by atoms with Gasteiger partial charge >= 0.3 is 0 Å². The van der Waals surface area contributed by atoms with Crippen molar-refractivity contribution in [1.82, 2.24) is 5.32 Å². The van der Waals surface area contributed by atoms with Crippen molar-refractivity contribution in [1.29, 1.82) is 0 Å². The smallest absolute Gasteiger partial charge is 0.123 e. The summed E-state index contributed by atoms with van der Waals surface area (Å²) < 4.78 is 12.7. The Labute approximate surface area is 117 Å². The Bertz CT molecular complexity index is 467. The number of rotatable bonds is 5. The summed E-state index contributed by atoms with van der Waals surface area (Å²) in [6, 6.07) is 11.0. The van der Waals surface area contributed by atoms with E-state index in [0.717, 1.165) is 19.5 Å². The summed E-state index contributed by atoms with van der Waals surface area (Å²) in [5.74, 6) is -0.171. The maximum absolute atomic E-state index is 12.7. The van der Waals surface area contributed by atoms with E-state index in [1.165, 1.54) is 27.5 Å². The fraction of sp³-hybridized carbons (Fsp3) is 0.286. The van der Waals surface area contributed by atoms with Gasteiger partial charge in [0.1, 0.15) is 5.82 Å². The molecule has 0 bridgehead atoms. The molecule has 2 rings (SSSR count). The van der Waals surface area contributed by atoms with Crippen molar-refractivity contribution in [3.05, 3.63) is 57.5 Å². The van der Waals surface area contributed by atoms with Gasteiger partial charge in [-0.25, -0.2) is 4.39 Å². The van der Waals surface area contributed by atoms with E-state index >= 15 is 0 Å². The van der Waals surface area contributed by atoms with Gasteiger partial charge in [0.15, 0.2) is 0 Å². The number of benzene rings is 1. The summed E-state index contributed by atoms with van der Waals surface area (Å²) >= 11 is 1.82. The molecule has 0 atom stereocenters. The SMILES string of the molecule is Cc1ccc(CNCCc2ccc(F)cc2)s1.Cl. The molecule has 1 nitrogen and oxygen atoms in total. The van der Waals surface area contributed by atoms with Gasteiger partial charge in [0.2, 0.25) is 0 Å². The Morgan fingerprint density at radius 1 is 1.11 bits per heavy atom. The van der Waals surface area contributed by atoms with Crippen molar-refractivity contribution in [2.45, 2.75) is 19.9 Å². The highest BCUT2D eigenvalue weighted by Crippen LogP contribution is 2.14. The molecule has 0 saturated heterocycles. The summed E-state index contributed by atoms with van der Waals surface area (Å²) in [7, 11) is 0. The molecule has 2 aromatic rings. The van der Waals surface area contributed by atoms with Gasteiger partial charge in [-0.05, 0) is 49.7 Å². The van der Waals surface area contributed by atoms with E-state index in [1.807, 2.05) is 23.5 Å². The minimum atomic E-state index is -0.171. The van der Waals surface area contributed by atoms with Crippen LogP contribution in [0.4, 0.5) is 4.39 Å². The Hall–Kier alpha value is -0.900. The van der Waals surface area contributed by atoms with E-state index in [0.29, 0.717) is 0 Å². The van der Waals surface area contributed by atoms with E-state index in [1.54, 1.807) is 0 Å². The Kier molecular flexibility index (Phi) is 6.33. The predicted octanol–water partition coefficient (Wildman–Crippen LogP) is 3.95. The monoisotopic (exact) mass is 285 g/mol. The average molecular weight is 286 g/mol. The minimum Gasteiger partial charge on any atom is -0.312 e. The van der Waals surface area contributed by atoms with Crippen LogP contribution in [0.1, 0.15) is 15.3 Å². The molecule has 1 heterocycles. The molecule has 0 aliphatic carbocycles. The first-order chi connectivity index (χ1) is 8.24. The summed E-state index contributed by atoms with van der Waals surface area (Å²) in [6.07, 6.45) is 0.935. The zero-order chi connectivity index (χ0) is 12.1. The van der Waals surface area contributed by atoms with Crippen LogP contribution < -0.4 is 5.32 Å². The summed E-state index contributed by atoms with van der Waals surface area (Å²) in [4.78, 5) is 2.71. The number of nitrogens with one attached hydrogen (secondary N) is 1. The number of thiophene rings is 1. The van der Waals surface area contributed by atoms with E-state index in [4.69, 9.17) is 0 Å². The zero-order valence-corrected chi connectivity index (χ0v) is 11.9. The lowest BCUT2D eigenvalue weighted by molar-refractivity contribution is 0.626. The Morgan fingerprint density at radius 2 is 1.83 bits per heavy atom. The van der Waals surface area contributed by atoms with Gasteiger partial charge in [-0.2, -0.15) is 0 Å². The molecule has 0 unspecified atom stereocenters. The first kappa shape index (κ1) is 15.2. The predicted molar refractivity (Wildman–Crippen MR) is 78.1 cm³/mol. The maximum Gasteiger partial charge on any atom is 0.123 e. The minimum absolute atomic E-state index is 0. The van der Waals surface area contributed by atoms with Crippen LogP contribution in [0.5, 0.6) is 0 Å². The number of aryl methyl sites for hydroxylation is 1. The highest BCUT2D eigenvalue weighted by Gasteiger charge is 1.97. The largest absolute Gasteiger partial charge is 0.312 e. The standard InChI is InChI=1S/C14H16FNS.ClH/c1-11-2-7-14(17-11)10-16-9-8-12-3-5-13(15)6-4-12;/h2-7,16H,8-10H2,1H3;1H. The number of hydrogen-bond acceptors (Lipinski definition) is 2. The van der Waals surface area contributed by atoms with Crippen molar-refractivity contribution in [2.75, 3.05) is 6.54 Å². The quantitative estimate of drug-likeness (QED) is 0.820. The van der Waals surface area contributed by atoms with Crippen molar-refractivity contribution >= 4 is 23.7 Å². The molecule has 1 aromatic heterocycles. The van der Waals surface area contributed by atoms with Crippen LogP contribution in [-0.2, 0) is 13.0 Å². The van der Waals surface area contributed by atoms with Crippen LogP contribution in [0.15, 0.2) is 36.4 Å². The number of hydrogen-bond donors (Lipinski definition) is 1. The first-order valence-corrected chi connectivity index (χ1v) is 6.56. The normalized spacial score (nSPS) is 10.1. The average Bonchev–Trinajstić information content (AvgIpc) is 2.73. The first-order valence-electron chi connectivity index (χ1n) is 5.74. The van der Waals surface area contributed by atoms with Crippen LogP contribution in [0.2, 0.25) is 0 Å². The third-order valence-corrected chi connectivity index (χ3v) is 3.60. The van der Waals surface area contributed by atoms with Crippen LogP contribution >= 0.6 is 23.7 Å². The van der Waals surface area contributed by atoms with Crippen molar-refractivity contribution in [2.24, 2.45) is 0 Å². The van der Waals surface area contributed by atoms with E-state index in [-0.39, 0.29) is 18.2 Å². The van der Waals surface area contributed by atoms with Crippen molar-refractivity contribution in [3.63, 3.8) is 0 Å². The lowest BCUT2D eigenvalue weighted by atomic mass is 10.1. The van der Waals surface area contributed by atoms with Crippen LogP contribution in [0, 0.1) is 12.7 Å². The molecule has 0 aliphatic heterocycles. The molecule has 18 heavy (non-hydrogen) atoms. The Balaban J connectivity index is 0.00000162. The molecule has 0 spiro atoms. The molecule has 98 valence electrons. The van der Waals surface area contributed by atoms with Gasteiger partial charge < -0.3 is 5.32 Å². The fourth-order valence-corrected chi connectivity index (χ4v) is 2.54. The van der Waals surface area contributed by atoms with Crippen LogP contribution in [0.25, 0.3) is 0 Å². The second kappa shape index (κ2) is 7.52. The van der Waals surface area contributed by atoms with Crippen molar-refractivity contribution < 1.29 is 4.39 Å². The molecular formula is C14H17ClFNS. The Morgan fingerprint density at radius 3 is 2.44 bits per heavy atom. The topological polar surface area (TPSA) is 12.0 Å². The molecule has 0 amide bonds. The zero-order valence-electron chi connectivity index (χ0n) is 10.3. The summed E-state index contributed by atoms with van der Waals surface area (Å²) in [5.41, 5.74) is 1.17. The summed E-state index contributed by atoms with van der Waals surface area (Å²) in [6.45, 7) is 3.95. The number of halogens is 2. The molecule has 0 radical (unpaired) electrons. The molecule has 0 aliphatic rings. The van der Waals surface area contributed by atoms with E-state index in [2.05, 4.69) is 24.4 Å². The highest BCUT2D eigenvalue weighted by molar-refractivity contribution is 7.11. The van der Waals surface area contributed by atoms with Crippen molar-refractivity contribution in [3.8, 4) is 0 Å². The molecule has 4 heteroatoms. The van der Waals surface area contributed by atoms with E-state index in [9.17, 15) is 4.39 Å². The third-order valence-electron chi connectivity index (χ3n) is 2.60. The summed E-state index contributed by atoms with van der Waals surface area (Å²) in [5, 5.41) is 3.39. The molecular weight excluding hydrogens is 269 g/mol. The van der Waals surface area contributed by atoms with Gasteiger partial charge in [-0.1, -0.05) is 12.1 Å². The molecule has 0 fully saturated rings. The molecule has 0 saturated carbocycles. The lowest BCUT2D eigenvalue weighted by Gasteiger charge is -2.03. The van der Waals surface area contributed by atoms with Crippen LogP contribution in [0.3, 0.4) is 0 Å². The highest BCUT2D eigenvalue weighted by atomic mass is 35.5.